The van der Waals surface area contributed by atoms with Gasteiger partial charge in [-0.2, -0.15) is 13.2 Å². The van der Waals surface area contributed by atoms with Crippen LogP contribution >= 0.6 is 0 Å². The van der Waals surface area contributed by atoms with Crippen molar-refractivity contribution < 1.29 is 42.0 Å². The number of aromatic nitrogens is 4. The molecule has 0 fully saturated rings. The number of aliphatic hydroxyl groups is 1. The molecule has 2 aromatic heterocycles. The molecule has 42 heavy (non-hydrogen) atoms. The maximum atomic E-state index is 13.1. The van der Waals surface area contributed by atoms with Gasteiger partial charge in [0.05, 0.1) is 32.0 Å². The summed E-state index contributed by atoms with van der Waals surface area (Å²) in [4.78, 5) is 40.3. The van der Waals surface area contributed by atoms with Gasteiger partial charge in [-0.15, -0.1) is 0 Å². The number of aliphatic hydroxyl groups excluding tert-OH is 1. The normalized spacial score (nSPS) is 12.3. The van der Waals surface area contributed by atoms with Crippen LogP contribution in [-0.4, -0.2) is 77.2 Å². The number of esters is 1. The van der Waals surface area contributed by atoms with Gasteiger partial charge in [0.15, 0.2) is 11.5 Å². The van der Waals surface area contributed by atoms with Gasteiger partial charge >= 0.3 is 12.1 Å². The topological polar surface area (TPSA) is 170 Å². The van der Waals surface area contributed by atoms with E-state index in [2.05, 4.69) is 35.3 Å². The summed E-state index contributed by atoms with van der Waals surface area (Å²) in [5.74, 6) is -2.73. The number of hydrogen-bond donors (Lipinski definition) is 4. The number of carbonyl (C=O) groups excluding carboxylic acids is 1. The lowest BCUT2D eigenvalue weighted by Crippen LogP contribution is -2.33. The quantitative estimate of drug-likeness (QED) is 0.114. The maximum absolute atomic E-state index is 13.1. The Morgan fingerprint density at radius 1 is 1.12 bits per heavy atom. The van der Waals surface area contributed by atoms with Gasteiger partial charge in [-0.1, -0.05) is 0 Å². The highest BCUT2D eigenvalue weighted by Crippen LogP contribution is 2.36. The Morgan fingerprint density at radius 2 is 1.88 bits per heavy atom. The van der Waals surface area contributed by atoms with Crippen molar-refractivity contribution in [3.05, 3.63) is 40.3 Å². The average molecular weight is 593 g/mol. The SMILES string of the molecule is COc1cc(OC)c2nc(Nc3nc4ccc(OCCNC(C)CO)c(OC(=O)C(F)(F)F)c4c(=O)[nH]3)nc(C)c2c1. The summed E-state index contributed by atoms with van der Waals surface area (Å²) in [5.41, 5.74) is -0.0356. The molecule has 4 aromatic rings. The fraction of sp³-hybridized carbons (Fsp3) is 0.346. The predicted molar refractivity (Wildman–Crippen MR) is 145 cm³/mol. The summed E-state index contributed by atoms with van der Waals surface area (Å²) in [6.07, 6.45) is -5.34. The second kappa shape index (κ2) is 12.4. The van der Waals surface area contributed by atoms with Crippen LogP contribution in [0.1, 0.15) is 12.6 Å². The lowest BCUT2D eigenvalue weighted by molar-refractivity contribution is -0.189. The molecule has 0 spiro atoms. The third-order valence-electron chi connectivity index (χ3n) is 5.96. The minimum Gasteiger partial charge on any atom is -0.497 e. The number of methoxy groups -OCH3 is 2. The van der Waals surface area contributed by atoms with E-state index in [1.165, 1.54) is 26.4 Å². The number of carbonyl (C=O) groups is 1. The lowest BCUT2D eigenvalue weighted by Gasteiger charge is -2.16. The molecule has 16 heteroatoms. The van der Waals surface area contributed by atoms with Crippen molar-refractivity contribution in [2.45, 2.75) is 26.1 Å². The van der Waals surface area contributed by atoms with Gasteiger partial charge in [-0.05, 0) is 32.0 Å². The first-order valence-corrected chi connectivity index (χ1v) is 12.5. The van der Waals surface area contributed by atoms with E-state index >= 15 is 0 Å². The first-order chi connectivity index (χ1) is 19.9. The molecule has 0 amide bonds. The van der Waals surface area contributed by atoms with E-state index in [9.17, 15) is 22.8 Å². The fourth-order valence-electron chi connectivity index (χ4n) is 3.90. The van der Waals surface area contributed by atoms with E-state index < -0.39 is 28.8 Å². The molecule has 0 aliphatic carbocycles. The number of nitrogens with zero attached hydrogens (tertiary/aromatic N) is 3. The number of H-pyrrole nitrogens is 1. The lowest BCUT2D eigenvalue weighted by atomic mass is 10.1. The molecule has 2 aromatic carbocycles. The zero-order valence-corrected chi connectivity index (χ0v) is 22.9. The Bertz CT molecular complexity index is 1680. The van der Waals surface area contributed by atoms with Crippen LogP contribution in [-0.2, 0) is 4.79 Å². The Kier molecular flexibility index (Phi) is 8.96. The number of nitrogens with one attached hydrogen (secondary N) is 3. The van der Waals surface area contributed by atoms with Crippen LogP contribution in [0, 0.1) is 6.92 Å². The smallest absolute Gasteiger partial charge is 0.491 e. The number of anilines is 2. The molecule has 13 nitrogen and oxygen atoms in total. The van der Waals surface area contributed by atoms with Crippen LogP contribution in [0.2, 0.25) is 0 Å². The van der Waals surface area contributed by atoms with Crippen molar-refractivity contribution in [1.29, 1.82) is 0 Å². The first-order valence-electron chi connectivity index (χ1n) is 12.5. The Labute approximate surface area is 236 Å². The van der Waals surface area contributed by atoms with Crippen LogP contribution in [0.4, 0.5) is 25.1 Å². The van der Waals surface area contributed by atoms with Crippen LogP contribution in [0.5, 0.6) is 23.0 Å². The van der Waals surface area contributed by atoms with E-state index in [4.69, 9.17) is 19.3 Å². The summed E-state index contributed by atoms with van der Waals surface area (Å²) in [6.45, 7) is 3.42. The number of aryl methyl sites for hydroxylation is 1. The number of ether oxygens (including phenoxy) is 4. The Hall–Kier alpha value is -4.70. The van der Waals surface area contributed by atoms with E-state index in [0.29, 0.717) is 28.1 Å². The molecule has 0 saturated carbocycles. The molecule has 1 atom stereocenters. The molecule has 224 valence electrons. The molecule has 2 heterocycles. The number of aromatic amines is 1. The molecule has 0 radical (unpaired) electrons. The summed E-state index contributed by atoms with van der Waals surface area (Å²) in [7, 11) is 2.98. The van der Waals surface area contributed by atoms with Gasteiger partial charge in [0, 0.05) is 24.0 Å². The highest BCUT2D eigenvalue weighted by molar-refractivity contribution is 5.92. The zero-order valence-electron chi connectivity index (χ0n) is 22.9. The minimum atomic E-state index is -5.34. The monoisotopic (exact) mass is 592 g/mol. The molecule has 1 unspecified atom stereocenters. The molecule has 0 aliphatic heterocycles. The van der Waals surface area contributed by atoms with Crippen molar-refractivity contribution in [3.63, 3.8) is 0 Å². The zero-order chi connectivity index (χ0) is 30.6. The van der Waals surface area contributed by atoms with Gasteiger partial charge in [-0.25, -0.2) is 19.7 Å². The van der Waals surface area contributed by atoms with E-state index in [0.717, 1.165) is 0 Å². The minimum absolute atomic E-state index is 0.0410. The number of benzene rings is 2. The number of fused-ring (bicyclic) bond motifs is 2. The predicted octanol–water partition coefficient (Wildman–Crippen LogP) is 2.75. The molecular formula is C26H27F3N6O7. The van der Waals surface area contributed by atoms with E-state index in [-0.39, 0.29) is 49.0 Å². The summed E-state index contributed by atoms with van der Waals surface area (Å²) < 4.78 is 60.0. The van der Waals surface area contributed by atoms with Crippen molar-refractivity contribution >= 4 is 39.7 Å². The van der Waals surface area contributed by atoms with E-state index in [1.807, 2.05) is 0 Å². The van der Waals surface area contributed by atoms with Crippen LogP contribution in [0.15, 0.2) is 29.1 Å². The second-order valence-electron chi connectivity index (χ2n) is 8.96. The number of rotatable bonds is 11. The molecule has 0 aliphatic rings. The third kappa shape index (κ3) is 6.60. The van der Waals surface area contributed by atoms with Crippen molar-refractivity contribution in [2.24, 2.45) is 0 Å². The van der Waals surface area contributed by atoms with Crippen molar-refractivity contribution in [2.75, 3.05) is 39.3 Å². The molecule has 0 bridgehead atoms. The van der Waals surface area contributed by atoms with Crippen molar-refractivity contribution in [1.82, 2.24) is 25.3 Å². The van der Waals surface area contributed by atoms with Gasteiger partial charge in [0.25, 0.3) is 5.56 Å². The van der Waals surface area contributed by atoms with Gasteiger partial charge in [0.1, 0.15) is 29.0 Å². The molecule has 0 saturated heterocycles. The van der Waals surface area contributed by atoms with Crippen LogP contribution in [0.25, 0.3) is 21.8 Å². The number of hydrogen-bond acceptors (Lipinski definition) is 12. The molecule has 4 N–H and O–H groups in total. The third-order valence-corrected chi connectivity index (χ3v) is 5.96. The number of halogens is 3. The first kappa shape index (κ1) is 30.3. The van der Waals surface area contributed by atoms with Crippen molar-refractivity contribution in [3.8, 4) is 23.0 Å². The standard InChI is InChI=1S/C26H27F3N6O7/c1-12(11-36)30-7-8-41-17-6-5-16-19(21(17)42-23(38)26(27,28)29)22(37)34-25(32-16)35-24-31-13(2)15-9-14(39-3)10-18(40-4)20(15)33-24/h5-6,9-10,12,30,36H,7-8,11H2,1-4H3,(H2,31,32,33,34,35,37). The average Bonchev–Trinajstić information content (AvgIpc) is 2.94. The van der Waals surface area contributed by atoms with Crippen LogP contribution < -0.4 is 35.1 Å². The Morgan fingerprint density at radius 3 is 2.55 bits per heavy atom. The van der Waals surface area contributed by atoms with Gasteiger partial charge < -0.3 is 29.4 Å². The van der Waals surface area contributed by atoms with Gasteiger partial charge in [0.2, 0.25) is 11.9 Å². The van der Waals surface area contributed by atoms with Crippen LogP contribution in [0.3, 0.4) is 0 Å². The van der Waals surface area contributed by atoms with Gasteiger partial charge in [-0.3, -0.25) is 15.1 Å². The molecule has 4 rings (SSSR count). The second-order valence-corrected chi connectivity index (χ2v) is 8.96. The summed E-state index contributed by atoms with van der Waals surface area (Å²) >= 11 is 0. The maximum Gasteiger partial charge on any atom is 0.491 e. The Balaban J connectivity index is 1.72. The summed E-state index contributed by atoms with van der Waals surface area (Å²) in [6, 6.07) is 5.66. The largest absolute Gasteiger partial charge is 0.497 e. The fourth-order valence-corrected chi connectivity index (χ4v) is 3.90. The number of alkyl halides is 3. The summed E-state index contributed by atoms with van der Waals surface area (Å²) in [5, 5.41) is 15.0. The highest BCUT2D eigenvalue weighted by Gasteiger charge is 2.42. The highest BCUT2D eigenvalue weighted by atomic mass is 19.4. The van der Waals surface area contributed by atoms with E-state index in [1.54, 1.807) is 26.0 Å². The molecular weight excluding hydrogens is 565 g/mol.